The lowest BCUT2D eigenvalue weighted by atomic mass is 10.2. The van der Waals surface area contributed by atoms with Crippen molar-refractivity contribution in [1.82, 2.24) is 10.3 Å². The lowest BCUT2D eigenvalue weighted by molar-refractivity contribution is 0.341. The normalized spacial score (nSPS) is 12.8. The van der Waals surface area contributed by atoms with Crippen molar-refractivity contribution in [2.24, 2.45) is 0 Å². The highest BCUT2D eigenvalue weighted by Gasteiger charge is 2.11. The van der Waals surface area contributed by atoms with Gasteiger partial charge in [0.15, 0.2) is 0 Å². The van der Waals surface area contributed by atoms with Crippen molar-refractivity contribution in [3.63, 3.8) is 0 Å². The third kappa shape index (κ3) is 3.00. The van der Waals surface area contributed by atoms with Gasteiger partial charge >= 0.3 is 0 Å². The molecule has 0 saturated carbocycles. The monoisotopic (exact) mass is 264 g/mol. The molecule has 3 nitrogen and oxygen atoms in total. The Hall–Kier alpha value is -1.13. The molecule has 18 heavy (non-hydrogen) atoms. The van der Waals surface area contributed by atoms with Crippen molar-refractivity contribution < 1.29 is 4.74 Å². The van der Waals surface area contributed by atoms with Gasteiger partial charge in [0.25, 0.3) is 0 Å². The van der Waals surface area contributed by atoms with Crippen molar-refractivity contribution in [2.75, 3.05) is 19.7 Å². The van der Waals surface area contributed by atoms with Crippen LogP contribution in [0.4, 0.5) is 0 Å². The van der Waals surface area contributed by atoms with Crippen molar-refractivity contribution in [1.29, 1.82) is 0 Å². The van der Waals surface area contributed by atoms with Crippen molar-refractivity contribution >= 4 is 21.6 Å². The molecule has 2 aromatic rings. The molecule has 0 bridgehead atoms. The van der Waals surface area contributed by atoms with Gasteiger partial charge in [-0.2, -0.15) is 0 Å². The highest BCUT2D eigenvalue weighted by molar-refractivity contribution is 7.18. The Morgan fingerprint density at radius 3 is 2.94 bits per heavy atom. The van der Waals surface area contributed by atoms with Gasteiger partial charge in [-0.1, -0.05) is 13.8 Å². The van der Waals surface area contributed by atoms with E-state index in [1.54, 1.807) is 11.3 Å². The minimum absolute atomic E-state index is 0.456. The maximum absolute atomic E-state index is 5.52. The largest absolute Gasteiger partial charge is 0.494 e. The van der Waals surface area contributed by atoms with Gasteiger partial charge in [0.1, 0.15) is 5.75 Å². The molecule has 1 unspecified atom stereocenters. The number of thiazole rings is 1. The van der Waals surface area contributed by atoms with Gasteiger partial charge in [0.2, 0.25) is 0 Å². The Bertz CT molecular complexity index is 509. The van der Waals surface area contributed by atoms with Crippen LogP contribution in [-0.2, 0) is 0 Å². The van der Waals surface area contributed by atoms with Crippen LogP contribution in [0.2, 0.25) is 0 Å². The van der Waals surface area contributed by atoms with Crippen LogP contribution in [0.3, 0.4) is 0 Å². The van der Waals surface area contributed by atoms with E-state index >= 15 is 0 Å². The molecule has 0 saturated heterocycles. The summed E-state index contributed by atoms with van der Waals surface area (Å²) in [6.07, 6.45) is 0. The summed E-state index contributed by atoms with van der Waals surface area (Å²) < 4.78 is 6.72. The third-order valence-corrected chi connectivity index (χ3v) is 4.06. The Balaban J connectivity index is 2.21. The molecule has 0 amide bonds. The Morgan fingerprint density at radius 1 is 1.39 bits per heavy atom. The van der Waals surface area contributed by atoms with E-state index in [1.807, 2.05) is 19.1 Å². The highest BCUT2D eigenvalue weighted by Crippen LogP contribution is 2.30. The second kappa shape index (κ2) is 6.16. The first-order chi connectivity index (χ1) is 8.74. The Kier molecular flexibility index (Phi) is 4.55. The third-order valence-electron chi connectivity index (χ3n) is 2.81. The number of rotatable bonds is 6. The predicted molar refractivity (Wildman–Crippen MR) is 77.7 cm³/mol. The zero-order chi connectivity index (χ0) is 13.0. The smallest absolute Gasteiger partial charge is 0.120 e. The van der Waals surface area contributed by atoms with Crippen molar-refractivity contribution in [3.8, 4) is 5.75 Å². The van der Waals surface area contributed by atoms with Gasteiger partial charge < -0.3 is 10.1 Å². The SMILES string of the molecule is CCNCC(C)c1nc2ccc(OCC)cc2s1. The summed E-state index contributed by atoms with van der Waals surface area (Å²) in [4.78, 5) is 4.69. The van der Waals surface area contributed by atoms with Gasteiger partial charge in [0, 0.05) is 12.5 Å². The summed E-state index contributed by atoms with van der Waals surface area (Å²) in [6, 6.07) is 6.12. The van der Waals surface area contributed by atoms with Crippen LogP contribution in [-0.4, -0.2) is 24.7 Å². The summed E-state index contributed by atoms with van der Waals surface area (Å²) in [7, 11) is 0. The van der Waals surface area contributed by atoms with Gasteiger partial charge in [-0.25, -0.2) is 4.98 Å². The van der Waals surface area contributed by atoms with E-state index in [1.165, 1.54) is 9.71 Å². The van der Waals surface area contributed by atoms with Crippen molar-refractivity contribution in [3.05, 3.63) is 23.2 Å². The minimum atomic E-state index is 0.456. The first kappa shape index (κ1) is 13.3. The first-order valence-corrected chi connectivity index (χ1v) is 7.30. The average molecular weight is 264 g/mol. The van der Waals surface area contributed by atoms with Crippen molar-refractivity contribution in [2.45, 2.75) is 26.7 Å². The molecular formula is C14H20N2OS. The molecular weight excluding hydrogens is 244 g/mol. The summed E-state index contributed by atoms with van der Waals surface area (Å²) >= 11 is 1.76. The summed E-state index contributed by atoms with van der Waals surface area (Å²) in [5.41, 5.74) is 1.07. The number of hydrogen-bond donors (Lipinski definition) is 1. The lowest BCUT2D eigenvalue weighted by Gasteiger charge is -2.07. The lowest BCUT2D eigenvalue weighted by Crippen LogP contribution is -2.19. The molecule has 0 aliphatic carbocycles. The van der Waals surface area contributed by atoms with Crippen LogP contribution in [0, 0.1) is 0 Å². The second-order valence-corrected chi connectivity index (χ2v) is 5.39. The molecule has 0 spiro atoms. The van der Waals surface area contributed by atoms with Crippen LogP contribution in [0.1, 0.15) is 31.7 Å². The molecule has 1 atom stereocenters. The standard InChI is InChI=1S/C14H20N2OS/c1-4-15-9-10(3)14-16-12-7-6-11(17-5-2)8-13(12)18-14/h6-8,10,15H,4-5,9H2,1-3H3. The summed E-state index contributed by atoms with van der Waals surface area (Å²) in [5.74, 6) is 1.39. The molecule has 0 radical (unpaired) electrons. The van der Waals surface area contributed by atoms with Gasteiger partial charge in [-0.3, -0.25) is 0 Å². The number of nitrogens with zero attached hydrogens (tertiary/aromatic N) is 1. The fraction of sp³-hybridized carbons (Fsp3) is 0.500. The Labute approximate surface area is 112 Å². The fourth-order valence-corrected chi connectivity index (χ4v) is 2.89. The van der Waals surface area contributed by atoms with Gasteiger partial charge in [-0.05, 0) is 31.7 Å². The predicted octanol–water partition coefficient (Wildman–Crippen LogP) is 3.41. The number of likely N-dealkylation sites (N-methyl/N-ethyl adjacent to an activating group) is 1. The fourth-order valence-electron chi connectivity index (χ4n) is 1.84. The first-order valence-electron chi connectivity index (χ1n) is 6.48. The van der Waals surface area contributed by atoms with E-state index in [-0.39, 0.29) is 0 Å². The number of hydrogen-bond acceptors (Lipinski definition) is 4. The molecule has 2 rings (SSSR count). The Morgan fingerprint density at radius 2 is 2.22 bits per heavy atom. The van der Waals surface area contributed by atoms with E-state index in [4.69, 9.17) is 4.74 Å². The summed E-state index contributed by atoms with van der Waals surface area (Å²) in [6.45, 7) is 9.02. The van der Waals surface area contributed by atoms with E-state index in [9.17, 15) is 0 Å². The minimum Gasteiger partial charge on any atom is -0.494 e. The van der Waals surface area contributed by atoms with Gasteiger partial charge in [-0.15, -0.1) is 11.3 Å². The zero-order valence-electron chi connectivity index (χ0n) is 11.2. The van der Waals surface area contributed by atoms with E-state index in [2.05, 4.69) is 30.2 Å². The molecule has 1 aromatic heterocycles. The van der Waals surface area contributed by atoms with E-state index in [0.717, 1.165) is 24.4 Å². The second-order valence-electron chi connectivity index (χ2n) is 4.32. The van der Waals surface area contributed by atoms with Gasteiger partial charge in [0.05, 0.1) is 21.8 Å². The van der Waals surface area contributed by atoms with E-state index in [0.29, 0.717) is 12.5 Å². The maximum Gasteiger partial charge on any atom is 0.120 e. The number of nitrogens with one attached hydrogen (secondary N) is 1. The number of benzene rings is 1. The quantitative estimate of drug-likeness (QED) is 0.868. The van der Waals surface area contributed by atoms with Crippen LogP contribution in [0.15, 0.2) is 18.2 Å². The van der Waals surface area contributed by atoms with Crippen LogP contribution in [0.5, 0.6) is 5.75 Å². The maximum atomic E-state index is 5.52. The van der Waals surface area contributed by atoms with Crippen LogP contribution in [0.25, 0.3) is 10.2 Å². The van der Waals surface area contributed by atoms with Crippen LogP contribution < -0.4 is 10.1 Å². The summed E-state index contributed by atoms with van der Waals surface area (Å²) in [5, 5.41) is 4.56. The van der Waals surface area contributed by atoms with Crippen LogP contribution >= 0.6 is 11.3 Å². The molecule has 1 N–H and O–H groups in total. The molecule has 0 aliphatic heterocycles. The molecule has 0 aliphatic rings. The average Bonchev–Trinajstić information content (AvgIpc) is 2.79. The topological polar surface area (TPSA) is 34.2 Å². The molecule has 1 aromatic carbocycles. The molecule has 0 fully saturated rings. The number of ether oxygens (including phenoxy) is 1. The molecule has 98 valence electrons. The molecule has 4 heteroatoms. The number of aromatic nitrogens is 1. The van der Waals surface area contributed by atoms with E-state index < -0.39 is 0 Å². The molecule has 1 heterocycles. The number of fused-ring (bicyclic) bond motifs is 1. The zero-order valence-corrected chi connectivity index (χ0v) is 12.0. The highest BCUT2D eigenvalue weighted by atomic mass is 32.1.